The fourth-order valence-corrected chi connectivity index (χ4v) is 4.12. The molecule has 0 amide bonds. The highest BCUT2D eigenvalue weighted by Crippen LogP contribution is 2.23. The van der Waals surface area contributed by atoms with E-state index in [4.69, 9.17) is 21.3 Å². The summed E-state index contributed by atoms with van der Waals surface area (Å²) in [6.07, 6.45) is 0. The summed E-state index contributed by atoms with van der Waals surface area (Å²) in [6.45, 7) is 2.79. The average Bonchev–Trinajstić information content (AvgIpc) is 2.71. The van der Waals surface area contributed by atoms with Crippen molar-refractivity contribution in [1.82, 2.24) is 9.55 Å². The molecule has 0 saturated heterocycles. The normalized spacial score (nSPS) is 11.0. The smallest absolute Gasteiger partial charge is 0.261 e. The van der Waals surface area contributed by atoms with Gasteiger partial charge in [-0.15, -0.1) is 0 Å². The molecule has 0 radical (unpaired) electrons. The molecule has 4 nitrogen and oxygen atoms in total. The molecule has 3 aromatic carbocycles. The number of ether oxygens (including phenoxy) is 1. The number of hydrogen-bond donors (Lipinski definition) is 0. The summed E-state index contributed by atoms with van der Waals surface area (Å²) in [6, 6.07) is 20.8. The van der Waals surface area contributed by atoms with Crippen LogP contribution in [0.3, 0.4) is 0 Å². The number of aryl methyl sites for hydroxylation is 1. The summed E-state index contributed by atoms with van der Waals surface area (Å²) >= 11 is 8.29. The zero-order chi connectivity index (χ0) is 20.4. The zero-order valence-corrected chi connectivity index (χ0v) is 18.6. The molecular weight excluding hydrogens is 499 g/mol. The minimum absolute atomic E-state index is 0.0808. The zero-order valence-electron chi connectivity index (χ0n) is 15.7. The number of nitrogens with zero attached hydrogens (tertiary/aromatic N) is 2. The lowest BCUT2D eigenvalue weighted by molar-refractivity contribution is 0.295. The molecule has 0 unspecified atom stereocenters. The molecule has 0 fully saturated rings. The molecule has 0 aliphatic rings. The van der Waals surface area contributed by atoms with E-state index in [0.29, 0.717) is 34.9 Å². The molecule has 6 heteroatoms. The molecule has 0 aliphatic heterocycles. The number of rotatable bonds is 5. The van der Waals surface area contributed by atoms with Gasteiger partial charge in [0.1, 0.15) is 18.2 Å². The maximum Gasteiger partial charge on any atom is 0.261 e. The van der Waals surface area contributed by atoms with Crippen LogP contribution in [0.5, 0.6) is 5.75 Å². The quantitative estimate of drug-likeness (QED) is 0.319. The molecule has 0 aliphatic carbocycles. The second kappa shape index (κ2) is 8.55. The summed E-state index contributed by atoms with van der Waals surface area (Å²) in [4.78, 5) is 17.9. The van der Waals surface area contributed by atoms with Crippen molar-refractivity contribution in [2.75, 3.05) is 6.61 Å². The van der Waals surface area contributed by atoms with Crippen LogP contribution in [-0.4, -0.2) is 16.2 Å². The van der Waals surface area contributed by atoms with Crippen molar-refractivity contribution in [1.29, 1.82) is 0 Å². The Labute approximate surface area is 187 Å². The molecule has 29 heavy (non-hydrogen) atoms. The first-order valence-corrected chi connectivity index (χ1v) is 10.6. The second-order valence-electron chi connectivity index (χ2n) is 6.70. The maximum atomic E-state index is 13.2. The van der Waals surface area contributed by atoms with Crippen LogP contribution in [0.2, 0.25) is 5.02 Å². The van der Waals surface area contributed by atoms with Crippen LogP contribution in [0.15, 0.2) is 71.5 Å². The summed E-state index contributed by atoms with van der Waals surface area (Å²) in [5.41, 5.74) is 2.61. The number of para-hydroxylation sites is 1. The van der Waals surface area contributed by atoms with Crippen LogP contribution in [0.4, 0.5) is 0 Å². The lowest BCUT2D eigenvalue weighted by atomic mass is 10.2. The lowest BCUT2D eigenvalue weighted by Gasteiger charge is -2.15. The highest BCUT2D eigenvalue weighted by Gasteiger charge is 2.13. The molecule has 146 valence electrons. The molecule has 0 atom stereocenters. The second-order valence-corrected chi connectivity index (χ2v) is 8.30. The molecule has 0 saturated carbocycles. The van der Waals surface area contributed by atoms with Gasteiger partial charge in [0, 0.05) is 10.6 Å². The predicted molar refractivity (Wildman–Crippen MR) is 126 cm³/mol. The van der Waals surface area contributed by atoms with Gasteiger partial charge in [0.15, 0.2) is 0 Å². The van der Waals surface area contributed by atoms with Crippen molar-refractivity contribution >= 4 is 45.1 Å². The van der Waals surface area contributed by atoms with E-state index in [-0.39, 0.29) is 5.56 Å². The Morgan fingerprint density at radius 3 is 2.59 bits per heavy atom. The Balaban J connectivity index is 1.71. The van der Waals surface area contributed by atoms with Gasteiger partial charge in [0.05, 0.1) is 21.0 Å². The van der Waals surface area contributed by atoms with Crippen molar-refractivity contribution in [2.45, 2.75) is 13.5 Å². The van der Waals surface area contributed by atoms with Gasteiger partial charge in [0.2, 0.25) is 0 Å². The molecule has 1 heterocycles. The third kappa shape index (κ3) is 4.31. The number of aromatic nitrogens is 2. The third-order valence-corrected chi connectivity index (χ3v) is 5.72. The maximum absolute atomic E-state index is 13.2. The van der Waals surface area contributed by atoms with Gasteiger partial charge in [-0.2, -0.15) is 0 Å². The molecule has 0 bridgehead atoms. The predicted octanol–water partition coefficient (Wildman–Crippen LogP) is 5.71. The van der Waals surface area contributed by atoms with Gasteiger partial charge in [-0.25, -0.2) is 4.98 Å². The van der Waals surface area contributed by atoms with E-state index in [1.54, 1.807) is 22.8 Å². The summed E-state index contributed by atoms with van der Waals surface area (Å²) in [5.74, 6) is 1.42. The van der Waals surface area contributed by atoms with Crippen LogP contribution in [0.1, 0.15) is 5.56 Å². The van der Waals surface area contributed by atoms with Crippen LogP contribution in [-0.2, 0) is 6.54 Å². The number of halogens is 2. The van der Waals surface area contributed by atoms with E-state index >= 15 is 0 Å². The van der Waals surface area contributed by atoms with Gasteiger partial charge in [-0.1, -0.05) is 29.8 Å². The highest BCUT2D eigenvalue weighted by atomic mass is 127. The van der Waals surface area contributed by atoms with Crippen molar-refractivity contribution in [3.8, 4) is 17.1 Å². The number of hydrogen-bond acceptors (Lipinski definition) is 3. The fraction of sp³-hybridized carbons (Fsp3) is 0.130. The summed E-state index contributed by atoms with van der Waals surface area (Å²) in [5, 5.41) is 1.23. The van der Waals surface area contributed by atoms with E-state index in [1.807, 2.05) is 49.4 Å². The Morgan fingerprint density at radius 1 is 1.07 bits per heavy atom. The van der Waals surface area contributed by atoms with Crippen molar-refractivity contribution in [3.63, 3.8) is 0 Å². The third-order valence-electron chi connectivity index (χ3n) is 4.62. The fourth-order valence-electron chi connectivity index (χ4n) is 3.16. The van der Waals surface area contributed by atoms with Crippen molar-refractivity contribution in [3.05, 3.63) is 91.2 Å². The van der Waals surface area contributed by atoms with Crippen LogP contribution < -0.4 is 10.3 Å². The first kappa shape index (κ1) is 19.9. The number of fused-ring (bicyclic) bond motifs is 1. The van der Waals surface area contributed by atoms with Gasteiger partial charge >= 0.3 is 0 Å². The molecule has 0 N–H and O–H groups in total. The SMILES string of the molecule is Cc1ccc(OCCn2c(-c3ccc(Cl)cc3)nc3ccccc3c2=O)c(I)c1. The van der Waals surface area contributed by atoms with E-state index < -0.39 is 0 Å². The first-order chi connectivity index (χ1) is 14.0. The molecule has 4 aromatic rings. The Bertz CT molecular complexity index is 1240. The Kier molecular flexibility index (Phi) is 5.87. The molecular formula is C23H18ClIN2O2. The van der Waals surface area contributed by atoms with Crippen molar-refractivity contribution < 1.29 is 4.74 Å². The standard InChI is InChI=1S/C23H18ClIN2O2/c1-15-6-11-21(19(25)14-15)29-13-12-27-22(16-7-9-17(24)10-8-16)26-20-5-3-2-4-18(20)23(27)28/h2-11,14H,12-13H2,1H3. The summed E-state index contributed by atoms with van der Waals surface area (Å²) in [7, 11) is 0. The molecule has 4 rings (SSSR count). The van der Waals surface area contributed by atoms with Gasteiger partial charge in [0.25, 0.3) is 5.56 Å². The van der Waals surface area contributed by atoms with E-state index in [9.17, 15) is 4.79 Å². The Morgan fingerprint density at radius 2 is 1.83 bits per heavy atom. The minimum Gasteiger partial charge on any atom is -0.491 e. The van der Waals surface area contributed by atoms with Gasteiger partial charge in [-0.05, 0) is 83.6 Å². The molecule has 1 aromatic heterocycles. The summed E-state index contributed by atoms with van der Waals surface area (Å²) < 4.78 is 8.68. The highest BCUT2D eigenvalue weighted by molar-refractivity contribution is 14.1. The number of benzene rings is 3. The average molecular weight is 517 g/mol. The largest absolute Gasteiger partial charge is 0.491 e. The van der Waals surface area contributed by atoms with E-state index in [2.05, 4.69) is 28.7 Å². The van der Waals surface area contributed by atoms with Crippen LogP contribution >= 0.6 is 34.2 Å². The van der Waals surface area contributed by atoms with Crippen molar-refractivity contribution in [2.24, 2.45) is 0 Å². The van der Waals surface area contributed by atoms with E-state index in [0.717, 1.165) is 14.9 Å². The van der Waals surface area contributed by atoms with Gasteiger partial charge < -0.3 is 4.74 Å². The Hall–Kier alpha value is -2.38. The van der Waals surface area contributed by atoms with E-state index in [1.165, 1.54) is 5.56 Å². The topological polar surface area (TPSA) is 44.1 Å². The lowest BCUT2D eigenvalue weighted by Crippen LogP contribution is -2.26. The first-order valence-electron chi connectivity index (χ1n) is 9.17. The van der Waals surface area contributed by atoms with Crippen LogP contribution in [0, 0.1) is 10.5 Å². The van der Waals surface area contributed by atoms with Crippen LogP contribution in [0.25, 0.3) is 22.3 Å². The van der Waals surface area contributed by atoms with Gasteiger partial charge in [-0.3, -0.25) is 9.36 Å². The monoisotopic (exact) mass is 516 g/mol. The minimum atomic E-state index is -0.0808. The molecule has 0 spiro atoms.